The van der Waals surface area contributed by atoms with Crippen LogP contribution in [0, 0.1) is 17.8 Å². The van der Waals surface area contributed by atoms with Gasteiger partial charge >= 0.3 is 0 Å². The van der Waals surface area contributed by atoms with Gasteiger partial charge in [0, 0.05) is 47.0 Å². The Kier molecular flexibility index (Phi) is 6.91. The Bertz CT molecular complexity index is 1640. The number of allylic oxidation sites excluding steroid dienone is 4. The van der Waals surface area contributed by atoms with E-state index in [9.17, 15) is 14.4 Å². The van der Waals surface area contributed by atoms with Crippen LogP contribution in [0.1, 0.15) is 80.8 Å². The summed E-state index contributed by atoms with van der Waals surface area (Å²) < 4.78 is 5.40. The molecule has 1 aromatic heterocycles. The molecular weight excluding hydrogens is 540 g/mol. The summed E-state index contributed by atoms with van der Waals surface area (Å²) in [5, 5.41) is 10.4. The highest BCUT2D eigenvalue weighted by Crippen LogP contribution is 2.55. The number of aromatic nitrogens is 2. The van der Waals surface area contributed by atoms with Crippen molar-refractivity contribution in [3.63, 3.8) is 0 Å². The molecule has 0 atom stereocenters. The van der Waals surface area contributed by atoms with Crippen LogP contribution in [0.3, 0.4) is 0 Å². The van der Waals surface area contributed by atoms with Crippen LogP contribution in [0.5, 0.6) is 5.75 Å². The van der Waals surface area contributed by atoms with E-state index in [0.717, 1.165) is 22.5 Å². The number of carbonyl (C=O) groups excluding carboxylic acids is 3. The third-order valence-corrected chi connectivity index (χ3v) is 8.76. The number of methoxy groups -OCH3 is 1. The lowest BCUT2D eigenvalue weighted by molar-refractivity contribution is -0.119. The predicted octanol–water partition coefficient (Wildman–Crippen LogP) is 6.87. The van der Waals surface area contributed by atoms with Crippen LogP contribution in [-0.2, 0) is 9.59 Å². The van der Waals surface area contributed by atoms with Gasteiger partial charge < -0.3 is 15.0 Å². The Morgan fingerprint density at radius 3 is 1.98 bits per heavy atom. The number of nitrogens with zero attached hydrogens (tertiary/aromatic N) is 2. The molecule has 0 fully saturated rings. The van der Waals surface area contributed by atoms with Crippen molar-refractivity contribution in [1.82, 2.24) is 10.2 Å². The fraction of sp³-hybridized carbons (Fsp3) is 0.371. The fourth-order valence-corrected chi connectivity index (χ4v) is 6.82. The number of hydrogen-bond donors (Lipinski definition) is 2. The Morgan fingerprint density at radius 2 is 1.44 bits per heavy atom. The van der Waals surface area contributed by atoms with E-state index in [-0.39, 0.29) is 28.3 Å². The fourth-order valence-electron chi connectivity index (χ4n) is 6.82. The first-order valence-corrected chi connectivity index (χ1v) is 14.8. The minimum atomic E-state index is -0.493. The van der Waals surface area contributed by atoms with Crippen molar-refractivity contribution in [1.29, 1.82) is 0 Å². The summed E-state index contributed by atoms with van der Waals surface area (Å²) in [5.74, 6) is 0.397. The highest BCUT2D eigenvalue weighted by Gasteiger charge is 2.50. The van der Waals surface area contributed by atoms with Crippen molar-refractivity contribution in [2.75, 3.05) is 17.3 Å². The SMILES string of the molecule is COc1ccc(C2C3=C(CC(C)(C)CC3=O)N(c3[nH]ncc3C(=O)Nc3ccc(C)cc3)C3=C2C(=O)CC(C)(C)C3)cc1. The van der Waals surface area contributed by atoms with Crippen molar-refractivity contribution in [3.8, 4) is 5.75 Å². The second kappa shape index (κ2) is 10.4. The van der Waals surface area contributed by atoms with Gasteiger partial charge in [0.25, 0.3) is 5.91 Å². The van der Waals surface area contributed by atoms with Gasteiger partial charge in [-0.3, -0.25) is 19.5 Å². The van der Waals surface area contributed by atoms with E-state index in [1.165, 1.54) is 6.20 Å². The smallest absolute Gasteiger partial charge is 0.261 e. The highest BCUT2D eigenvalue weighted by molar-refractivity contribution is 6.11. The minimum absolute atomic E-state index is 0.0198. The van der Waals surface area contributed by atoms with Gasteiger partial charge in [0.15, 0.2) is 11.6 Å². The number of H-pyrrole nitrogens is 1. The number of amides is 1. The van der Waals surface area contributed by atoms with E-state index in [0.29, 0.717) is 59.6 Å². The molecule has 1 aliphatic heterocycles. The van der Waals surface area contributed by atoms with E-state index < -0.39 is 5.92 Å². The largest absolute Gasteiger partial charge is 0.497 e. The summed E-state index contributed by atoms with van der Waals surface area (Å²) in [6.07, 6.45) is 3.46. The van der Waals surface area contributed by atoms with Gasteiger partial charge in [0.2, 0.25) is 0 Å². The molecule has 2 aromatic carbocycles. The lowest BCUT2D eigenvalue weighted by Gasteiger charge is -2.48. The molecule has 0 unspecified atom stereocenters. The number of hydrogen-bond acceptors (Lipinski definition) is 6. The Labute approximate surface area is 252 Å². The maximum atomic E-state index is 14.1. The van der Waals surface area contributed by atoms with E-state index in [1.807, 2.05) is 60.4 Å². The third-order valence-electron chi connectivity index (χ3n) is 8.76. The van der Waals surface area contributed by atoms with Gasteiger partial charge in [0.1, 0.15) is 17.1 Å². The van der Waals surface area contributed by atoms with Crippen LogP contribution in [-0.4, -0.2) is 34.8 Å². The zero-order chi connectivity index (χ0) is 30.7. The number of benzene rings is 2. The van der Waals surface area contributed by atoms with Gasteiger partial charge in [-0.1, -0.05) is 57.5 Å². The molecule has 3 aromatic rings. The summed E-state index contributed by atoms with van der Waals surface area (Å²) >= 11 is 0. The molecule has 6 rings (SSSR count). The summed E-state index contributed by atoms with van der Waals surface area (Å²) in [4.78, 5) is 43.9. The molecule has 0 saturated heterocycles. The molecule has 3 aliphatic rings. The van der Waals surface area contributed by atoms with Crippen molar-refractivity contribution in [3.05, 3.63) is 94.0 Å². The zero-order valence-corrected chi connectivity index (χ0v) is 25.6. The molecule has 8 heteroatoms. The lowest BCUT2D eigenvalue weighted by atomic mass is 9.63. The Morgan fingerprint density at radius 1 is 0.884 bits per heavy atom. The molecule has 0 saturated carbocycles. The van der Waals surface area contributed by atoms with Crippen molar-refractivity contribution >= 4 is 29.0 Å². The number of nitrogens with one attached hydrogen (secondary N) is 2. The summed E-state index contributed by atoms with van der Waals surface area (Å²) in [7, 11) is 1.62. The van der Waals surface area contributed by atoms with Crippen LogP contribution in [0.2, 0.25) is 0 Å². The molecule has 8 nitrogen and oxygen atoms in total. The maximum absolute atomic E-state index is 14.1. The van der Waals surface area contributed by atoms with Crippen LogP contribution in [0.15, 0.2) is 77.3 Å². The predicted molar refractivity (Wildman–Crippen MR) is 166 cm³/mol. The first kappa shape index (κ1) is 28.6. The van der Waals surface area contributed by atoms with E-state index in [2.05, 4.69) is 43.2 Å². The number of Topliss-reactive ketones (excluding diaryl/α,β-unsaturated/α-hetero) is 2. The highest BCUT2D eigenvalue weighted by atomic mass is 16.5. The van der Waals surface area contributed by atoms with Gasteiger partial charge in [-0.25, -0.2) is 0 Å². The standard InChI is InChI=1S/C35H38N4O4/c1-20-7-11-22(12-8-20)37-33(42)24-19-36-38-32(24)39-25-15-34(2,3)17-27(40)30(25)29(21-9-13-23(43-6)14-10-21)31-26(39)16-35(4,5)18-28(31)41/h7-14,19,29H,15-18H2,1-6H3,(H,36,38)(H,37,42). The summed E-state index contributed by atoms with van der Waals surface area (Å²) in [6.45, 7) is 10.4. The van der Waals surface area contributed by atoms with Crippen LogP contribution >= 0.6 is 0 Å². The van der Waals surface area contributed by atoms with Crippen molar-refractivity contribution in [2.24, 2.45) is 10.8 Å². The molecule has 0 radical (unpaired) electrons. The zero-order valence-electron chi connectivity index (χ0n) is 25.6. The van der Waals surface area contributed by atoms with Gasteiger partial charge in [-0.05, 0) is 60.4 Å². The maximum Gasteiger partial charge on any atom is 0.261 e. The molecule has 222 valence electrons. The number of anilines is 2. The number of ketones is 2. The summed E-state index contributed by atoms with van der Waals surface area (Å²) in [6, 6.07) is 15.2. The van der Waals surface area contributed by atoms with E-state index >= 15 is 0 Å². The Balaban J connectivity index is 1.56. The van der Waals surface area contributed by atoms with E-state index in [1.54, 1.807) is 7.11 Å². The number of aromatic amines is 1. The first-order valence-electron chi connectivity index (χ1n) is 14.8. The molecule has 2 aliphatic carbocycles. The minimum Gasteiger partial charge on any atom is -0.497 e. The van der Waals surface area contributed by atoms with Crippen molar-refractivity contribution < 1.29 is 19.1 Å². The lowest BCUT2D eigenvalue weighted by Crippen LogP contribution is -2.45. The molecule has 43 heavy (non-hydrogen) atoms. The second-order valence-corrected chi connectivity index (χ2v) is 13.6. The number of carbonyl (C=O) groups is 3. The molecular formula is C35H38N4O4. The molecule has 0 spiro atoms. The van der Waals surface area contributed by atoms with Crippen LogP contribution in [0.25, 0.3) is 0 Å². The number of aryl methyl sites for hydroxylation is 1. The van der Waals surface area contributed by atoms with Gasteiger partial charge in [-0.2, -0.15) is 5.10 Å². The van der Waals surface area contributed by atoms with E-state index in [4.69, 9.17) is 4.74 Å². The molecule has 1 amide bonds. The quantitative estimate of drug-likeness (QED) is 0.342. The number of rotatable bonds is 5. The normalized spacial score (nSPS) is 19.7. The average molecular weight is 579 g/mol. The summed E-state index contributed by atoms with van der Waals surface area (Å²) in [5.41, 5.74) is 5.24. The second-order valence-electron chi connectivity index (χ2n) is 13.6. The molecule has 2 heterocycles. The van der Waals surface area contributed by atoms with Gasteiger partial charge in [-0.15, -0.1) is 0 Å². The van der Waals surface area contributed by atoms with Gasteiger partial charge in [0.05, 0.1) is 13.3 Å². The first-order chi connectivity index (χ1) is 20.4. The molecule has 2 N–H and O–H groups in total. The number of ether oxygens (including phenoxy) is 1. The van der Waals surface area contributed by atoms with Crippen LogP contribution < -0.4 is 15.0 Å². The van der Waals surface area contributed by atoms with Crippen LogP contribution in [0.4, 0.5) is 11.5 Å². The average Bonchev–Trinajstić information content (AvgIpc) is 3.41. The third kappa shape index (κ3) is 5.19. The topological polar surface area (TPSA) is 104 Å². The Hall–Kier alpha value is -4.46. The van der Waals surface area contributed by atoms with Crippen molar-refractivity contribution in [2.45, 2.75) is 66.2 Å². The monoisotopic (exact) mass is 578 g/mol. The molecule has 0 bridgehead atoms.